The average Bonchev–Trinajstić information content (AvgIpc) is 2.41. The number of aromatic nitrogens is 2. The highest BCUT2D eigenvalue weighted by atomic mass is 35.5. The lowest BCUT2D eigenvalue weighted by Gasteiger charge is -2.10. The molecule has 0 aliphatic heterocycles. The third-order valence-corrected chi connectivity index (χ3v) is 2.42. The molecule has 0 unspecified atom stereocenters. The second-order valence-corrected chi connectivity index (χ2v) is 3.96. The lowest BCUT2D eigenvalue weighted by Crippen LogP contribution is -2.15. The first-order valence-electron chi connectivity index (χ1n) is 5.40. The highest BCUT2D eigenvalue weighted by molar-refractivity contribution is 6.29. The van der Waals surface area contributed by atoms with Gasteiger partial charge in [-0.1, -0.05) is 23.7 Å². The van der Waals surface area contributed by atoms with E-state index in [2.05, 4.69) is 20.3 Å². The van der Waals surface area contributed by atoms with Gasteiger partial charge < -0.3 is 10.1 Å². The number of benzene rings is 1. The Morgan fingerprint density at radius 2 is 1.95 bits per heavy atom. The molecule has 8 heteroatoms. The number of para-hydroxylation sites is 1. The maximum atomic E-state index is 12.2. The first kappa shape index (κ1) is 14.1. The third kappa shape index (κ3) is 3.61. The molecule has 1 heterocycles. The molecule has 0 atom stereocenters. The van der Waals surface area contributed by atoms with Gasteiger partial charge in [0.1, 0.15) is 5.75 Å². The number of hydrogen-bond acceptors (Lipinski definition) is 4. The summed E-state index contributed by atoms with van der Waals surface area (Å²) in [5.74, 6) is -0.717. The lowest BCUT2D eigenvalue weighted by molar-refractivity contribution is -0.0501. The Hall–Kier alpha value is -2.28. The van der Waals surface area contributed by atoms with Crippen molar-refractivity contribution >= 4 is 23.3 Å². The molecular weight excluding hydrogens is 292 g/mol. The number of anilines is 1. The van der Waals surface area contributed by atoms with E-state index >= 15 is 0 Å². The molecule has 1 amide bonds. The van der Waals surface area contributed by atoms with Crippen LogP contribution in [0.5, 0.6) is 5.75 Å². The first-order valence-corrected chi connectivity index (χ1v) is 5.78. The molecule has 2 rings (SSSR count). The number of halogens is 3. The van der Waals surface area contributed by atoms with E-state index in [-0.39, 0.29) is 22.3 Å². The van der Waals surface area contributed by atoms with Gasteiger partial charge in [-0.15, -0.1) is 10.2 Å². The van der Waals surface area contributed by atoms with Crippen LogP contribution in [0.4, 0.5) is 14.6 Å². The number of ether oxygens (including phenoxy) is 1. The predicted octanol–water partition coefficient (Wildman–Crippen LogP) is 2.98. The van der Waals surface area contributed by atoms with Crippen LogP contribution in [0.15, 0.2) is 36.4 Å². The second-order valence-electron chi connectivity index (χ2n) is 3.57. The summed E-state index contributed by atoms with van der Waals surface area (Å²) < 4.78 is 28.8. The van der Waals surface area contributed by atoms with Crippen molar-refractivity contribution in [1.82, 2.24) is 10.2 Å². The molecule has 0 saturated carbocycles. The van der Waals surface area contributed by atoms with Gasteiger partial charge in [-0.05, 0) is 24.3 Å². The summed E-state index contributed by atoms with van der Waals surface area (Å²) >= 11 is 5.56. The summed E-state index contributed by atoms with van der Waals surface area (Å²) in [6.45, 7) is -3.01. The maximum Gasteiger partial charge on any atom is 0.387 e. The quantitative estimate of drug-likeness (QED) is 0.942. The van der Waals surface area contributed by atoms with Gasteiger partial charge in [0.05, 0.1) is 5.56 Å². The van der Waals surface area contributed by atoms with Crippen molar-refractivity contribution in [3.63, 3.8) is 0 Å². The van der Waals surface area contributed by atoms with Crippen molar-refractivity contribution in [2.75, 3.05) is 5.32 Å². The van der Waals surface area contributed by atoms with E-state index in [1.165, 1.54) is 36.4 Å². The zero-order valence-corrected chi connectivity index (χ0v) is 10.6. The number of nitrogens with one attached hydrogen (secondary N) is 1. The molecule has 20 heavy (non-hydrogen) atoms. The maximum absolute atomic E-state index is 12.2. The minimum Gasteiger partial charge on any atom is -0.434 e. The van der Waals surface area contributed by atoms with E-state index in [1.807, 2.05) is 0 Å². The van der Waals surface area contributed by atoms with E-state index in [4.69, 9.17) is 11.6 Å². The Labute approximate surface area is 117 Å². The highest BCUT2D eigenvalue weighted by Crippen LogP contribution is 2.21. The normalized spacial score (nSPS) is 10.4. The van der Waals surface area contributed by atoms with Gasteiger partial charge in [-0.3, -0.25) is 4.79 Å². The number of nitrogens with zero attached hydrogens (tertiary/aromatic N) is 2. The number of carbonyl (C=O) groups excluding carboxylic acids is 1. The number of carbonyl (C=O) groups is 1. The molecule has 0 bridgehead atoms. The van der Waals surface area contributed by atoms with Gasteiger partial charge >= 0.3 is 6.61 Å². The SMILES string of the molecule is O=C(Nc1ccc(Cl)nn1)c1ccccc1OC(F)F. The molecule has 0 fully saturated rings. The van der Waals surface area contributed by atoms with Crippen LogP contribution in [0.2, 0.25) is 5.15 Å². The number of alkyl halides is 2. The third-order valence-electron chi connectivity index (χ3n) is 2.22. The fourth-order valence-corrected chi connectivity index (χ4v) is 1.52. The minimum atomic E-state index is -3.01. The fourth-order valence-electron chi connectivity index (χ4n) is 1.42. The van der Waals surface area contributed by atoms with Crippen LogP contribution in [0.25, 0.3) is 0 Å². The van der Waals surface area contributed by atoms with Crippen molar-refractivity contribution in [1.29, 1.82) is 0 Å². The number of rotatable bonds is 4. The summed E-state index contributed by atoms with van der Waals surface area (Å²) in [4.78, 5) is 12.0. The minimum absolute atomic E-state index is 0.0375. The van der Waals surface area contributed by atoms with E-state index in [0.29, 0.717) is 0 Å². The van der Waals surface area contributed by atoms with Crippen molar-refractivity contribution < 1.29 is 18.3 Å². The molecule has 104 valence electrons. The van der Waals surface area contributed by atoms with Crippen molar-refractivity contribution in [2.24, 2.45) is 0 Å². The Bertz CT molecular complexity index is 608. The highest BCUT2D eigenvalue weighted by Gasteiger charge is 2.15. The molecule has 2 aromatic rings. The zero-order chi connectivity index (χ0) is 14.5. The molecule has 1 aromatic carbocycles. The standard InChI is InChI=1S/C12H8ClF2N3O2/c13-9-5-6-10(18-17-9)16-11(19)7-3-1-2-4-8(7)20-12(14)15/h1-6,12H,(H,16,18,19). The van der Waals surface area contributed by atoms with Crippen LogP contribution in [0.1, 0.15) is 10.4 Å². The van der Waals surface area contributed by atoms with Crippen molar-refractivity contribution in [3.8, 4) is 5.75 Å². The summed E-state index contributed by atoms with van der Waals surface area (Å²) in [6, 6.07) is 8.51. The van der Waals surface area contributed by atoms with Crippen LogP contribution in [0, 0.1) is 0 Å². The first-order chi connectivity index (χ1) is 9.56. The average molecular weight is 300 g/mol. The van der Waals surface area contributed by atoms with Crippen LogP contribution in [-0.2, 0) is 0 Å². The van der Waals surface area contributed by atoms with Gasteiger partial charge in [-0.2, -0.15) is 8.78 Å². The predicted molar refractivity (Wildman–Crippen MR) is 68.1 cm³/mol. The molecule has 0 spiro atoms. The van der Waals surface area contributed by atoms with Gasteiger partial charge in [0, 0.05) is 0 Å². The Morgan fingerprint density at radius 1 is 1.20 bits per heavy atom. The molecule has 1 N–H and O–H groups in total. The molecule has 5 nitrogen and oxygen atoms in total. The number of amides is 1. The van der Waals surface area contributed by atoms with E-state index in [9.17, 15) is 13.6 Å². The number of hydrogen-bond donors (Lipinski definition) is 1. The Kier molecular flexibility index (Phi) is 4.41. The van der Waals surface area contributed by atoms with Crippen LogP contribution < -0.4 is 10.1 Å². The van der Waals surface area contributed by atoms with Crippen LogP contribution in [0.3, 0.4) is 0 Å². The summed E-state index contributed by atoms with van der Waals surface area (Å²) in [7, 11) is 0. The summed E-state index contributed by atoms with van der Waals surface area (Å²) in [6.07, 6.45) is 0. The summed E-state index contributed by atoms with van der Waals surface area (Å²) in [5.41, 5.74) is -0.0375. The Morgan fingerprint density at radius 3 is 2.60 bits per heavy atom. The van der Waals surface area contributed by atoms with E-state index < -0.39 is 12.5 Å². The monoisotopic (exact) mass is 299 g/mol. The van der Waals surface area contributed by atoms with Gasteiger partial charge in [0.15, 0.2) is 11.0 Å². The fraction of sp³-hybridized carbons (Fsp3) is 0.0833. The molecule has 1 aromatic heterocycles. The Balaban J connectivity index is 2.18. The zero-order valence-electron chi connectivity index (χ0n) is 9.89. The molecule has 0 saturated heterocycles. The lowest BCUT2D eigenvalue weighted by atomic mass is 10.2. The van der Waals surface area contributed by atoms with E-state index in [1.54, 1.807) is 0 Å². The van der Waals surface area contributed by atoms with Crippen LogP contribution in [-0.4, -0.2) is 22.7 Å². The molecular formula is C12H8ClF2N3O2. The van der Waals surface area contributed by atoms with Gasteiger partial charge in [0.25, 0.3) is 5.91 Å². The van der Waals surface area contributed by atoms with Crippen LogP contribution >= 0.6 is 11.6 Å². The van der Waals surface area contributed by atoms with Gasteiger partial charge in [-0.25, -0.2) is 0 Å². The largest absolute Gasteiger partial charge is 0.434 e. The molecule has 0 aliphatic rings. The second kappa shape index (κ2) is 6.25. The summed E-state index contributed by atoms with van der Waals surface area (Å²) in [5, 5.41) is 9.75. The topological polar surface area (TPSA) is 64.1 Å². The van der Waals surface area contributed by atoms with Crippen molar-refractivity contribution in [2.45, 2.75) is 6.61 Å². The van der Waals surface area contributed by atoms with E-state index in [0.717, 1.165) is 0 Å². The smallest absolute Gasteiger partial charge is 0.387 e. The van der Waals surface area contributed by atoms with Gasteiger partial charge in [0.2, 0.25) is 0 Å². The van der Waals surface area contributed by atoms with Crippen molar-refractivity contribution in [3.05, 3.63) is 47.1 Å². The molecule has 0 aliphatic carbocycles. The molecule has 0 radical (unpaired) electrons.